The molecule has 5 nitrogen and oxygen atoms in total. The summed E-state index contributed by atoms with van der Waals surface area (Å²) >= 11 is 1.57. The quantitative estimate of drug-likeness (QED) is 0.388. The van der Waals surface area contributed by atoms with Gasteiger partial charge in [0.15, 0.2) is 0 Å². The second kappa shape index (κ2) is 13.6. The number of amides is 2. The Bertz CT molecular complexity index is 1100. The summed E-state index contributed by atoms with van der Waals surface area (Å²) in [7, 11) is 1.62. The minimum atomic E-state index is -0.615. The summed E-state index contributed by atoms with van der Waals surface area (Å²) in [4.78, 5) is 28.5. The van der Waals surface area contributed by atoms with Crippen LogP contribution in [0.3, 0.4) is 0 Å². The van der Waals surface area contributed by atoms with Gasteiger partial charge in [0.2, 0.25) is 11.8 Å². The normalized spacial score (nSPS) is 11.5. The number of methoxy groups -OCH3 is 1. The molecule has 1 atom stereocenters. The van der Waals surface area contributed by atoms with E-state index in [1.54, 1.807) is 23.8 Å². The largest absolute Gasteiger partial charge is 0.497 e. The third-order valence-electron chi connectivity index (χ3n) is 5.69. The molecular weight excluding hydrogens is 456 g/mol. The van der Waals surface area contributed by atoms with Gasteiger partial charge in [-0.2, -0.15) is 0 Å². The first-order valence-corrected chi connectivity index (χ1v) is 13.0. The van der Waals surface area contributed by atoms with E-state index in [2.05, 4.69) is 30.4 Å². The lowest BCUT2D eigenvalue weighted by molar-refractivity contribution is -0.139. The number of benzene rings is 3. The predicted octanol–water partition coefficient (Wildman–Crippen LogP) is 5.01. The van der Waals surface area contributed by atoms with Crippen LogP contribution in [0.5, 0.6) is 5.75 Å². The molecule has 0 radical (unpaired) electrons. The summed E-state index contributed by atoms with van der Waals surface area (Å²) in [5, 5.41) is 2.93. The van der Waals surface area contributed by atoms with Crippen LogP contribution >= 0.6 is 11.8 Å². The molecule has 2 amide bonds. The van der Waals surface area contributed by atoms with Gasteiger partial charge in [0, 0.05) is 25.3 Å². The van der Waals surface area contributed by atoms with Gasteiger partial charge in [-0.05, 0) is 42.7 Å². The van der Waals surface area contributed by atoms with Gasteiger partial charge in [-0.1, -0.05) is 72.3 Å². The number of likely N-dealkylation sites (N-methyl/N-ethyl adjacent to an activating group) is 1. The van der Waals surface area contributed by atoms with Crippen molar-refractivity contribution < 1.29 is 14.3 Å². The van der Waals surface area contributed by atoms with Gasteiger partial charge in [-0.3, -0.25) is 9.59 Å². The molecule has 0 fully saturated rings. The fourth-order valence-corrected chi connectivity index (χ4v) is 4.81. The van der Waals surface area contributed by atoms with Crippen LogP contribution in [-0.2, 0) is 28.3 Å². The number of nitrogens with one attached hydrogen (secondary N) is 1. The monoisotopic (exact) mass is 490 g/mol. The van der Waals surface area contributed by atoms with Gasteiger partial charge in [-0.15, -0.1) is 11.8 Å². The first kappa shape index (κ1) is 26.4. The van der Waals surface area contributed by atoms with Gasteiger partial charge in [0.05, 0.1) is 12.9 Å². The molecule has 0 aliphatic heterocycles. The predicted molar refractivity (Wildman–Crippen MR) is 144 cm³/mol. The molecule has 0 aliphatic rings. The third kappa shape index (κ3) is 8.18. The zero-order chi connectivity index (χ0) is 25.0. The number of hydrogen-bond donors (Lipinski definition) is 1. The number of rotatable bonds is 12. The first-order chi connectivity index (χ1) is 17.0. The summed E-state index contributed by atoms with van der Waals surface area (Å²) in [6.45, 7) is 4.79. The van der Waals surface area contributed by atoms with Crippen LogP contribution in [0.2, 0.25) is 0 Å². The summed E-state index contributed by atoms with van der Waals surface area (Å²) in [5.41, 5.74) is 4.32. The van der Waals surface area contributed by atoms with Crippen molar-refractivity contribution in [2.24, 2.45) is 0 Å². The molecule has 0 spiro atoms. The fourth-order valence-electron chi connectivity index (χ4n) is 3.95. The van der Waals surface area contributed by atoms with Crippen LogP contribution in [0, 0.1) is 6.92 Å². The molecule has 3 rings (SSSR count). The Labute approximate surface area is 212 Å². The molecule has 3 aromatic rings. The van der Waals surface area contributed by atoms with Crippen LogP contribution in [0.4, 0.5) is 0 Å². The Morgan fingerprint density at radius 1 is 0.943 bits per heavy atom. The number of thioether (sulfide) groups is 1. The molecule has 0 aliphatic carbocycles. The van der Waals surface area contributed by atoms with E-state index in [1.807, 2.05) is 67.6 Å². The van der Waals surface area contributed by atoms with Crippen LogP contribution in [0.1, 0.15) is 29.2 Å². The maximum atomic E-state index is 13.6. The molecule has 1 unspecified atom stereocenters. The minimum absolute atomic E-state index is 0.0577. The van der Waals surface area contributed by atoms with E-state index in [1.165, 1.54) is 11.1 Å². The molecule has 3 aromatic carbocycles. The van der Waals surface area contributed by atoms with Crippen molar-refractivity contribution in [3.63, 3.8) is 0 Å². The molecular formula is C29H34N2O3S. The van der Waals surface area contributed by atoms with Gasteiger partial charge in [-0.25, -0.2) is 0 Å². The molecule has 0 aromatic heterocycles. The maximum absolute atomic E-state index is 13.6. The molecule has 184 valence electrons. The van der Waals surface area contributed by atoms with Crippen LogP contribution < -0.4 is 10.1 Å². The summed E-state index contributed by atoms with van der Waals surface area (Å²) in [5.74, 6) is 1.56. The zero-order valence-electron chi connectivity index (χ0n) is 20.7. The minimum Gasteiger partial charge on any atom is -0.497 e. The fraction of sp³-hybridized carbons (Fsp3) is 0.310. The number of carbonyl (C=O) groups is 2. The lowest BCUT2D eigenvalue weighted by atomic mass is 10.0. The lowest BCUT2D eigenvalue weighted by Gasteiger charge is -2.31. The van der Waals surface area contributed by atoms with Crippen LogP contribution in [0.15, 0.2) is 78.9 Å². The Morgan fingerprint density at radius 2 is 1.66 bits per heavy atom. The Balaban J connectivity index is 1.84. The van der Waals surface area contributed by atoms with Crippen molar-refractivity contribution in [3.8, 4) is 5.75 Å². The number of hydrogen-bond acceptors (Lipinski definition) is 4. The third-order valence-corrected chi connectivity index (χ3v) is 6.67. The molecule has 35 heavy (non-hydrogen) atoms. The molecule has 0 saturated heterocycles. The Morgan fingerprint density at radius 3 is 2.37 bits per heavy atom. The van der Waals surface area contributed by atoms with Crippen molar-refractivity contribution in [1.29, 1.82) is 0 Å². The van der Waals surface area contributed by atoms with E-state index >= 15 is 0 Å². The van der Waals surface area contributed by atoms with Gasteiger partial charge < -0.3 is 15.0 Å². The summed E-state index contributed by atoms with van der Waals surface area (Å²) in [6, 6.07) is 25.2. The Kier molecular flexibility index (Phi) is 10.2. The molecule has 6 heteroatoms. The second-order valence-corrected chi connectivity index (χ2v) is 9.44. The summed E-state index contributed by atoms with van der Waals surface area (Å²) in [6.07, 6.45) is 0.449. The Hall–Kier alpha value is -3.25. The topological polar surface area (TPSA) is 58.6 Å². The number of nitrogens with zero attached hydrogens (tertiary/aromatic N) is 1. The van der Waals surface area contributed by atoms with E-state index in [4.69, 9.17) is 4.74 Å². The average molecular weight is 491 g/mol. The lowest BCUT2D eigenvalue weighted by Crippen LogP contribution is -2.51. The zero-order valence-corrected chi connectivity index (χ0v) is 21.5. The van der Waals surface area contributed by atoms with Crippen molar-refractivity contribution >= 4 is 23.6 Å². The smallest absolute Gasteiger partial charge is 0.243 e. The molecule has 1 N–H and O–H groups in total. The second-order valence-electron chi connectivity index (χ2n) is 8.46. The average Bonchev–Trinajstić information content (AvgIpc) is 2.87. The van der Waals surface area contributed by atoms with E-state index in [9.17, 15) is 9.59 Å². The summed E-state index contributed by atoms with van der Waals surface area (Å²) < 4.78 is 5.38. The molecule has 0 saturated carbocycles. The first-order valence-electron chi connectivity index (χ1n) is 11.9. The van der Waals surface area contributed by atoms with Gasteiger partial charge >= 0.3 is 0 Å². The van der Waals surface area contributed by atoms with Crippen molar-refractivity contribution in [2.45, 2.75) is 38.6 Å². The van der Waals surface area contributed by atoms with Crippen molar-refractivity contribution in [3.05, 3.63) is 101 Å². The van der Waals surface area contributed by atoms with Crippen molar-refractivity contribution in [1.82, 2.24) is 10.2 Å². The van der Waals surface area contributed by atoms with E-state index < -0.39 is 6.04 Å². The SMILES string of the molecule is CCNC(=O)C(Cc1ccccc1)N(Cc1cccc(OC)c1)C(=O)CSCc1cccc(C)c1. The van der Waals surface area contributed by atoms with E-state index in [-0.39, 0.29) is 11.8 Å². The highest BCUT2D eigenvalue weighted by atomic mass is 32.2. The highest BCUT2D eigenvalue weighted by molar-refractivity contribution is 7.99. The number of carbonyl (C=O) groups excluding carboxylic acids is 2. The van der Waals surface area contributed by atoms with Crippen LogP contribution in [0.25, 0.3) is 0 Å². The molecule has 0 heterocycles. The highest BCUT2D eigenvalue weighted by Crippen LogP contribution is 2.21. The van der Waals surface area contributed by atoms with Crippen LogP contribution in [-0.4, -0.2) is 42.2 Å². The van der Waals surface area contributed by atoms with Gasteiger partial charge in [0.1, 0.15) is 11.8 Å². The standard InChI is InChI=1S/C29H34N2O3S/c1-4-30-29(33)27(18-23-11-6-5-7-12-23)31(19-24-13-9-15-26(17-24)34-3)28(32)21-35-20-25-14-8-10-22(2)16-25/h5-17,27H,4,18-21H2,1-3H3,(H,30,33). The number of aryl methyl sites for hydroxylation is 1. The van der Waals surface area contributed by atoms with Crippen molar-refractivity contribution in [2.75, 3.05) is 19.4 Å². The number of ether oxygens (including phenoxy) is 1. The maximum Gasteiger partial charge on any atom is 0.243 e. The van der Waals surface area contributed by atoms with E-state index in [0.29, 0.717) is 25.3 Å². The molecule has 0 bridgehead atoms. The van der Waals surface area contributed by atoms with Gasteiger partial charge in [0.25, 0.3) is 0 Å². The highest BCUT2D eigenvalue weighted by Gasteiger charge is 2.30. The van der Waals surface area contributed by atoms with E-state index in [0.717, 1.165) is 22.6 Å².